The number of aromatic amines is 1. The van der Waals surface area contributed by atoms with Crippen LogP contribution in [0.2, 0.25) is 0 Å². The van der Waals surface area contributed by atoms with Crippen LogP contribution in [0.15, 0.2) is 60.8 Å². The minimum absolute atomic E-state index is 0.234. The lowest BCUT2D eigenvalue weighted by atomic mass is 10.2. The monoisotopic (exact) mass is 309 g/mol. The maximum atomic E-state index is 11.9. The number of urea groups is 1. The van der Waals surface area contributed by atoms with Gasteiger partial charge in [-0.3, -0.25) is 0 Å². The molecule has 23 heavy (non-hydrogen) atoms. The smallest absolute Gasteiger partial charge is 0.319 e. The molecule has 3 aromatic rings. The number of rotatable bonds is 6. The molecule has 0 aliphatic carbocycles. The molecule has 5 nitrogen and oxygen atoms in total. The second-order valence-corrected chi connectivity index (χ2v) is 5.16. The Morgan fingerprint density at radius 1 is 1.04 bits per heavy atom. The van der Waals surface area contributed by atoms with Crippen molar-refractivity contribution in [3.05, 3.63) is 66.4 Å². The molecule has 0 atom stereocenters. The number of benzene rings is 2. The number of hydrogen-bond acceptors (Lipinski definition) is 2. The fourth-order valence-electron chi connectivity index (χ4n) is 2.36. The van der Waals surface area contributed by atoms with Crippen molar-refractivity contribution in [2.45, 2.75) is 6.61 Å². The summed E-state index contributed by atoms with van der Waals surface area (Å²) in [7, 11) is 0. The summed E-state index contributed by atoms with van der Waals surface area (Å²) < 4.78 is 5.53. The van der Waals surface area contributed by atoms with Gasteiger partial charge in [0.05, 0.1) is 18.9 Å². The van der Waals surface area contributed by atoms with E-state index in [1.165, 1.54) is 0 Å². The highest BCUT2D eigenvalue weighted by atomic mass is 16.5. The van der Waals surface area contributed by atoms with Crippen molar-refractivity contribution < 1.29 is 9.53 Å². The second-order valence-electron chi connectivity index (χ2n) is 5.16. The van der Waals surface area contributed by atoms with Gasteiger partial charge in [0.25, 0.3) is 0 Å². The molecule has 0 saturated carbocycles. The standard InChI is InChI=1S/C18H19N3O2/c22-18(20-11-12-23-13-14-5-2-1-3-6-14)21-17-8-4-7-16-15(17)9-10-19-16/h1-10,19H,11-13H2,(H2,20,21,22). The number of nitrogens with one attached hydrogen (secondary N) is 3. The van der Waals surface area contributed by atoms with Crippen molar-refractivity contribution in [1.82, 2.24) is 10.3 Å². The molecule has 1 heterocycles. The average molecular weight is 309 g/mol. The number of ether oxygens (including phenoxy) is 1. The first-order valence-corrected chi connectivity index (χ1v) is 7.55. The molecular weight excluding hydrogens is 290 g/mol. The predicted molar refractivity (Wildman–Crippen MR) is 91.4 cm³/mol. The number of H-pyrrole nitrogens is 1. The Morgan fingerprint density at radius 2 is 1.91 bits per heavy atom. The van der Waals surface area contributed by atoms with Crippen LogP contribution in [0.25, 0.3) is 10.9 Å². The zero-order valence-corrected chi connectivity index (χ0v) is 12.7. The minimum Gasteiger partial charge on any atom is -0.375 e. The van der Waals surface area contributed by atoms with Crippen LogP contribution in [0, 0.1) is 0 Å². The Bertz CT molecular complexity index is 768. The lowest BCUT2D eigenvalue weighted by Gasteiger charge is -2.09. The summed E-state index contributed by atoms with van der Waals surface area (Å²) >= 11 is 0. The van der Waals surface area contributed by atoms with Gasteiger partial charge >= 0.3 is 6.03 Å². The Morgan fingerprint density at radius 3 is 2.78 bits per heavy atom. The molecule has 0 unspecified atom stereocenters. The van der Waals surface area contributed by atoms with E-state index in [2.05, 4.69) is 15.6 Å². The quantitative estimate of drug-likeness (QED) is 0.610. The highest BCUT2D eigenvalue weighted by Gasteiger charge is 2.05. The van der Waals surface area contributed by atoms with Crippen molar-refractivity contribution in [3.63, 3.8) is 0 Å². The molecule has 2 aromatic carbocycles. The molecular formula is C18H19N3O2. The third-order valence-corrected chi connectivity index (χ3v) is 3.49. The molecule has 0 radical (unpaired) electrons. The highest BCUT2D eigenvalue weighted by molar-refractivity contribution is 6.00. The van der Waals surface area contributed by atoms with Gasteiger partial charge in [0.1, 0.15) is 0 Å². The number of amides is 2. The van der Waals surface area contributed by atoms with Gasteiger partial charge < -0.3 is 20.4 Å². The molecule has 118 valence electrons. The summed E-state index contributed by atoms with van der Waals surface area (Å²) in [5, 5.41) is 6.63. The molecule has 2 amide bonds. The first kappa shape index (κ1) is 15.1. The van der Waals surface area contributed by atoms with E-state index in [0.29, 0.717) is 19.8 Å². The number of carbonyl (C=O) groups excluding carboxylic acids is 1. The van der Waals surface area contributed by atoms with Crippen LogP contribution in [0.3, 0.4) is 0 Å². The van der Waals surface area contributed by atoms with E-state index >= 15 is 0 Å². The van der Waals surface area contributed by atoms with Crippen molar-refractivity contribution >= 4 is 22.6 Å². The van der Waals surface area contributed by atoms with Gasteiger partial charge in [0, 0.05) is 23.6 Å². The van der Waals surface area contributed by atoms with E-state index in [9.17, 15) is 4.79 Å². The van der Waals surface area contributed by atoms with Crippen molar-refractivity contribution in [3.8, 4) is 0 Å². The molecule has 3 N–H and O–H groups in total. The van der Waals surface area contributed by atoms with E-state index in [1.807, 2.05) is 60.8 Å². The predicted octanol–water partition coefficient (Wildman–Crippen LogP) is 3.51. The van der Waals surface area contributed by atoms with Crippen LogP contribution < -0.4 is 10.6 Å². The number of fused-ring (bicyclic) bond motifs is 1. The van der Waals surface area contributed by atoms with E-state index < -0.39 is 0 Å². The fraction of sp³-hybridized carbons (Fsp3) is 0.167. The van der Waals surface area contributed by atoms with Crippen molar-refractivity contribution in [2.24, 2.45) is 0 Å². The van der Waals surface area contributed by atoms with Crippen molar-refractivity contribution in [1.29, 1.82) is 0 Å². The van der Waals surface area contributed by atoms with Gasteiger partial charge in [-0.15, -0.1) is 0 Å². The first-order valence-electron chi connectivity index (χ1n) is 7.55. The summed E-state index contributed by atoms with van der Waals surface area (Å²) in [5.41, 5.74) is 2.90. The molecule has 3 rings (SSSR count). The Hall–Kier alpha value is -2.79. The van der Waals surface area contributed by atoms with E-state index in [1.54, 1.807) is 0 Å². The van der Waals surface area contributed by atoms with Gasteiger partial charge in [-0.2, -0.15) is 0 Å². The maximum Gasteiger partial charge on any atom is 0.319 e. The normalized spacial score (nSPS) is 10.6. The number of aromatic nitrogens is 1. The molecule has 1 aromatic heterocycles. The fourth-order valence-corrected chi connectivity index (χ4v) is 2.36. The lowest BCUT2D eigenvalue weighted by molar-refractivity contribution is 0.124. The SMILES string of the molecule is O=C(NCCOCc1ccccc1)Nc1cccc2[nH]ccc12. The van der Waals surface area contributed by atoms with Crippen LogP contribution in [-0.2, 0) is 11.3 Å². The average Bonchev–Trinajstić information content (AvgIpc) is 3.05. The Kier molecular flexibility index (Phi) is 4.91. The summed E-state index contributed by atoms with van der Waals surface area (Å²) in [5.74, 6) is 0. The summed E-state index contributed by atoms with van der Waals surface area (Å²) in [6.07, 6.45) is 1.85. The molecule has 0 aliphatic heterocycles. The molecule has 5 heteroatoms. The minimum atomic E-state index is -0.234. The Balaban J connectivity index is 1.41. The number of anilines is 1. The zero-order chi connectivity index (χ0) is 15.9. The van der Waals surface area contributed by atoms with Crippen LogP contribution in [-0.4, -0.2) is 24.2 Å². The van der Waals surface area contributed by atoms with Crippen LogP contribution >= 0.6 is 0 Å². The molecule has 0 spiro atoms. The molecule has 0 fully saturated rings. The largest absolute Gasteiger partial charge is 0.375 e. The summed E-state index contributed by atoms with van der Waals surface area (Å²) in [4.78, 5) is 15.0. The van der Waals surface area contributed by atoms with Gasteiger partial charge in [-0.1, -0.05) is 36.4 Å². The first-order chi connectivity index (χ1) is 11.3. The number of carbonyl (C=O) groups is 1. The van der Waals surface area contributed by atoms with E-state index in [4.69, 9.17) is 4.74 Å². The number of hydrogen-bond donors (Lipinski definition) is 3. The molecule has 0 saturated heterocycles. The third kappa shape index (κ3) is 4.11. The molecule has 0 aliphatic rings. The molecule has 0 bridgehead atoms. The third-order valence-electron chi connectivity index (χ3n) is 3.49. The summed E-state index contributed by atoms with van der Waals surface area (Å²) in [6, 6.07) is 17.4. The maximum absolute atomic E-state index is 11.9. The van der Waals surface area contributed by atoms with Gasteiger partial charge in [-0.25, -0.2) is 4.79 Å². The second kappa shape index (κ2) is 7.47. The zero-order valence-electron chi connectivity index (χ0n) is 12.7. The van der Waals surface area contributed by atoms with Gasteiger partial charge in [-0.05, 0) is 23.8 Å². The highest BCUT2D eigenvalue weighted by Crippen LogP contribution is 2.21. The topological polar surface area (TPSA) is 66.2 Å². The van der Waals surface area contributed by atoms with E-state index in [-0.39, 0.29) is 6.03 Å². The lowest BCUT2D eigenvalue weighted by Crippen LogP contribution is -2.31. The van der Waals surface area contributed by atoms with Crippen LogP contribution in [0.4, 0.5) is 10.5 Å². The van der Waals surface area contributed by atoms with Crippen molar-refractivity contribution in [2.75, 3.05) is 18.5 Å². The van der Waals surface area contributed by atoms with Gasteiger partial charge in [0.15, 0.2) is 0 Å². The summed E-state index contributed by atoms with van der Waals surface area (Å²) in [6.45, 7) is 1.48. The Labute approximate surface area is 134 Å². The van der Waals surface area contributed by atoms with Crippen LogP contribution in [0.5, 0.6) is 0 Å². The van der Waals surface area contributed by atoms with Gasteiger partial charge in [0.2, 0.25) is 0 Å². The van der Waals surface area contributed by atoms with E-state index in [0.717, 1.165) is 22.2 Å². The van der Waals surface area contributed by atoms with Crippen LogP contribution in [0.1, 0.15) is 5.56 Å².